The fourth-order valence-electron chi connectivity index (χ4n) is 9.28. The molecule has 286 valence electrons. The van der Waals surface area contributed by atoms with Gasteiger partial charge in [0.05, 0.1) is 41.6 Å². The van der Waals surface area contributed by atoms with E-state index in [0.29, 0.717) is 64.1 Å². The lowest BCUT2D eigenvalue weighted by atomic mass is 9.77. The fraction of sp³-hybridized carbons (Fsp3) is 0.125. The molecule has 0 spiro atoms. The summed E-state index contributed by atoms with van der Waals surface area (Å²) in [5.41, 5.74) is 8.67. The first-order valence-corrected chi connectivity index (χ1v) is 22.0. The van der Waals surface area contributed by atoms with Crippen molar-refractivity contribution in [3.8, 4) is 11.4 Å². The SMILES string of the molecule is CC1(C)c2ccccc2S(=O)(=O)c2ccc(-n3c4ccccc4oc4cc5c(cc43)oc3ccccc3n5-c3ccc4c(c3)C(C)(C)c3ccccc3S4(=O)=O)cc21. The lowest BCUT2D eigenvalue weighted by Gasteiger charge is -2.35. The Labute approximate surface area is 334 Å². The van der Waals surface area contributed by atoms with Gasteiger partial charge in [-0.2, -0.15) is 0 Å². The van der Waals surface area contributed by atoms with Crippen molar-refractivity contribution in [1.82, 2.24) is 9.13 Å². The van der Waals surface area contributed by atoms with E-state index in [-0.39, 0.29) is 0 Å². The minimum Gasteiger partial charge on any atom is -0.453 e. The molecule has 7 aromatic carbocycles. The summed E-state index contributed by atoms with van der Waals surface area (Å²) in [7, 11) is -7.50. The molecule has 2 aliphatic heterocycles. The van der Waals surface area contributed by atoms with Gasteiger partial charge in [0, 0.05) is 34.3 Å². The molecule has 4 heterocycles. The smallest absolute Gasteiger partial charge is 0.207 e. The molecule has 0 unspecified atom stereocenters. The maximum atomic E-state index is 14.0. The number of aromatic nitrogens is 2. The van der Waals surface area contributed by atoms with E-state index in [0.717, 1.165) is 33.5 Å². The van der Waals surface area contributed by atoms with Gasteiger partial charge in [0.25, 0.3) is 0 Å². The van der Waals surface area contributed by atoms with Gasteiger partial charge in [-0.15, -0.1) is 0 Å². The van der Waals surface area contributed by atoms with Gasteiger partial charge in [-0.25, -0.2) is 16.8 Å². The molecule has 8 nitrogen and oxygen atoms in total. The molecule has 2 aromatic heterocycles. The lowest BCUT2D eigenvalue weighted by molar-refractivity contribution is 0.555. The molecule has 10 heteroatoms. The fourth-order valence-corrected chi connectivity index (χ4v) is 13.2. The normalized spacial score (nSPS) is 16.8. The summed E-state index contributed by atoms with van der Waals surface area (Å²) in [6.07, 6.45) is 0. The molecule has 2 aliphatic rings. The molecule has 0 N–H and O–H groups in total. The average molecular weight is 801 g/mol. The van der Waals surface area contributed by atoms with E-state index in [1.54, 1.807) is 36.4 Å². The number of para-hydroxylation sites is 4. The third kappa shape index (κ3) is 4.61. The Morgan fingerprint density at radius 1 is 0.379 bits per heavy atom. The molecule has 11 rings (SSSR count). The van der Waals surface area contributed by atoms with Crippen LogP contribution in [0.3, 0.4) is 0 Å². The molecule has 0 atom stereocenters. The summed E-state index contributed by atoms with van der Waals surface area (Å²) in [5, 5.41) is 0. The second-order valence-corrected chi connectivity index (χ2v) is 20.0. The second-order valence-electron chi connectivity index (χ2n) is 16.2. The molecular weight excluding hydrogens is 765 g/mol. The number of nitrogens with zero attached hydrogens (tertiary/aromatic N) is 2. The lowest BCUT2D eigenvalue weighted by Crippen LogP contribution is -2.30. The Morgan fingerprint density at radius 3 is 1.17 bits per heavy atom. The summed E-state index contributed by atoms with van der Waals surface area (Å²) in [5.74, 6) is 0. The maximum absolute atomic E-state index is 14.0. The number of hydrogen-bond donors (Lipinski definition) is 0. The first-order valence-electron chi connectivity index (χ1n) is 19.1. The van der Waals surface area contributed by atoms with E-state index in [1.807, 2.05) is 109 Å². The monoisotopic (exact) mass is 800 g/mol. The molecule has 58 heavy (non-hydrogen) atoms. The van der Waals surface area contributed by atoms with E-state index in [4.69, 9.17) is 8.83 Å². The van der Waals surface area contributed by atoms with Gasteiger partial charge in [0.1, 0.15) is 0 Å². The molecule has 9 aromatic rings. The van der Waals surface area contributed by atoms with Crippen LogP contribution in [0.4, 0.5) is 0 Å². The maximum Gasteiger partial charge on any atom is 0.207 e. The zero-order valence-corrected chi connectivity index (χ0v) is 33.6. The van der Waals surface area contributed by atoms with Crippen molar-refractivity contribution in [3.63, 3.8) is 0 Å². The van der Waals surface area contributed by atoms with Gasteiger partial charge < -0.3 is 18.0 Å². The summed E-state index contributed by atoms with van der Waals surface area (Å²) >= 11 is 0. The van der Waals surface area contributed by atoms with Gasteiger partial charge in [-0.3, -0.25) is 0 Å². The molecule has 0 saturated carbocycles. The second kappa shape index (κ2) is 11.6. The van der Waals surface area contributed by atoms with Crippen LogP contribution in [0.25, 0.3) is 55.8 Å². The van der Waals surface area contributed by atoms with E-state index < -0.39 is 30.5 Å². The largest absolute Gasteiger partial charge is 0.453 e. The number of hydrogen-bond acceptors (Lipinski definition) is 6. The Hall–Kier alpha value is -6.36. The number of fused-ring (bicyclic) bond motifs is 8. The minimum atomic E-state index is -3.75. The zero-order valence-electron chi connectivity index (χ0n) is 32.0. The van der Waals surface area contributed by atoms with Gasteiger partial charge >= 0.3 is 0 Å². The summed E-state index contributed by atoms with van der Waals surface area (Å²) in [6.45, 7) is 8.26. The Kier molecular flexibility index (Phi) is 6.98. The first-order chi connectivity index (χ1) is 27.8. The number of sulfone groups is 2. The molecule has 0 fully saturated rings. The van der Waals surface area contributed by atoms with Crippen LogP contribution in [0.1, 0.15) is 49.9 Å². The Morgan fingerprint density at radius 2 is 0.741 bits per heavy atom. The van der Waals surface area contributed by atoms with E-state index in [2.05, 4.69) is 36.8 Å². The minimum absolute atomic E-state index is 0.298. The summed E-state index contributed by atoms with van der Waals surface area (Å²) in [6, 6.07) is 45.1. The molecule has 0 radical (unpaired) electrons. The van der Waals surface area contributed by atoms with Crippen LogP contribution in [0.15, 0.2) is 174 Å². The van der Waals surface area contributed by atoms with E-state index in [1.165, 1.54) is 0 Å². The highest BCUT2D eigenvalue weighted by Gasteiger charge is 2.42. The van der Waals surface area contributed by atoms with Gasteiger partial charge in [-0.1, -0.05) is 88.4 Å². The predicted octanol–water partition coefficient (Wildman–Crippen LogP) is 11.1. The van der Waals surface area contributed by atoms with Gasteiger partial charge in [0.15, 0.2) is 22.3 Å². The zero-order chi connectivity index (χ0) is 39.9. The topological polar surface area (TPSA) is 104 Å². The highest BCUT2D eigenvalue weighted by atomic mass is 32.2. The van der Waals surface area contributed by atoms with Crippen LogP contribution in [0.2, 0.25) is 0 Å². The van der Waals surface area contributed by atoms with Crippen molar-refractivity contribution in [2.75, 3.05) is 0 Å². The Bertz CT molecular complexity index is 3320. The highest BCUT2D eigenvalue weighted by molar-refractivity contribution is 7.92. The van der Waals surface area contributed by atoms with Crippen molar-refractivity contribution in [3.05, 3.63) is 168 Å². The summed E-state index contributed by atoms with van der Waals surface area (Å²) < 4.78 is 73.5. The van der Waals surface area contributed by atoms with Crippen molar-refractivity contribution >= 4 is 64.1 Å². The van der Waals surface area contributed by atoms with Gasteiger partial charge in [0.2, 0.25) is 19.7 Å². The standard InChI is InChI=1S/C48H36N2O6S2/c1-47(2)31-13-5-11-19-43(31)57(51,52)45-23-21-29(25-33(45)47)49-35-15-7-9-17-39(35)55-41-28-38-42(27-37(41)49)56-40-18-10-8-16-36(40)50(38)30-22-24-46-34(26-30)48(3,4)32-14-6-12-20-44(32)58(46,53)54/h5-28H,1-4H3. The van der Waals surface area contributed by atoms with Crippen LogP contribution in [-0.2, 0) is 30.5 Å². The summed E-state index contributed by atoms with van der Waals surface area (Å²) in [4.78, 5) is 1.27. The molecule has 0 aliphatic carbocycles. The van der Waals surface area contributed by atoms with Crippen LogP contribution in [-0.4, -0.2) is 26.0 Å². The van der Waals surface area contributed by atoms with Crippen molar-refractivity contribution in [2.45, 2.75) is 58.1 Å². The average Bonchev–Trinajstić information content (AvgIpc) is 3.23. The molecule has 0 bridgehead atoms. The first kappa shape index (κ1) is 34.9. The van der Waals surface area contributed by atoms with Crippen LogP contribution in [0.5, 0.6) is 0 Å². The van der Waals surface area contributed by atoms with Crippen molar-refractivity contribution < 1.29 is 25.7 Å². The van der Waals surface area contributed by atoms with Gasteiger partial charge in [-0.05, 0) is 95.1 Å². The third-order valence-corrected chi connectivity index (χ3v) is 16.0. The molecular formula is C48H36N2O6S2. The number of rotatable bonds is 2. The van der Waals surface area contributed by atoms with E-state index >= 15 is 0 Å². The van der Waals surface area contributed by atoms with Crippen LogP contribution < -0.4 is 0 Å². The van der Waals surface area contributed by atoms with Crippen LogP contribution in [0, 0.1) is 0 Å². The van der Waals surface area contributed by atoms with Crippen LogP contribution >= 0.6 is 0 Å². The van der Waals surface area contributed by atoms with E-state index in [9.17, 15) is 16.8 Å². The van der Waals surface area contributed by atoms with Crippen molar-refractivity contribution in [2.24, 2.45) is 0 Å². The molecule has 0 amide bonds. The third-order valence-electron chi connectivity index (χ3n) is 12.2. The highest BCUT2D eigenvalue weighted by Crippen LogP contribution is 2.48. The number of benzene rings is 7. The Balaban J connectivity index is 1.19. The molecule has 0 saturated heterocycles. The predicted molar refractivity (Wildman–Crippen MR) is 225 cm³/mol. The van der Waals surface area contributed by atoms with Crippen molar-refractivity contribution in [1.29, 1.82) is 0 Å². The quantitative estimate of drug-likeness (QED) is 0.161.